The van der Waals surface area contributed by atoms with E-state index in [0.717, 1.165) is 24.4 Å². The summed E-state index contributed by atoms with van der Waals surface area (Å²) in [6.07, 6.45) is 5.62. The summed E-state index contributed by atoms with van der Waals surface area (Å²) in [4.78, 5) is 18.3. The van der Waals surface area contributed by atoms with Gasteiger partial charge in [-0.15, -0.1) is 23.7 Å². The summed E-state index contributed by atoms with van der Waals surface area (Å²) in [6.45, 7) is 4.00. The van der Waals surface area contributed by atoms with E-state index in [1.54, 1.807) is 0 Å². The van der Waals surface area contributed by atoms with Crippen LogP contribution in [0.4, 0.5) is 0 Å². The van der Waals surface area contributed by atoms with Gasteiger partial charge in [0.25, 0.3) is 0 Å². The molecule has 0 aromatic carbocycles. The number of amides is 1. The first-order valence-corrected chi connectivity index (χ1v) is 8.66. The molecule has 2 heterocycles. The molecular weight excluding hydrogens is 322 g/mol. The van der Waals surface area contributed by atoms with Gasteiger partial charge in [0.15, 0.2) is 0 Å². The van der Waals surface area contributed by atoms with Gasteiger partial charge in [0.2, 0.25) is 5.91 Å². The maximum absolute atomic E-state index is 12.1. The zero-order valence-corrected chi connectivity index (χ0v) is 14.5. The lowest BCUT2D eigenvalue weighted by Gasteiger charge is -2.29. The number of hydrogen-bond acceptors (Lipinski definition) is 5. The Balaban J connectivity index is 0.00000176. The molecule has 2 N–H and O–H groups in total. The van der Waals surface area contributed by atoms with Gasteiger partial charge in [-0.1, -0.05) is 0 Å². The van der Waals surface area contributed by atoms with Crippen LogP contribution in [0.2, 0.25) is 0 Å². The highest BCUT2D eigenvalue weighted by Crippen LogP contribution is 2.26. The van der Waals surface area contributed by atoms with Crippen LogP contribution in [0.1, 0.15) is 35.3 Å². The largest absolute Gasteiger partial charge is 0.375 e. The Morgan fingerprint density at radius 1 is 1.45 bits per heavy atom. The number of morpholine rings is 1. The van der Waals surface area contributed by atoms with Crippen LogP contribution in [-0.2, 0) is 28.8 Å². The average molecular weight is 346 g/mol. The van der Waals surface area contributed by atoms with E-state index in [1.807, 2.05) is 18.3 Å². The third kappa shape index (κ3) is 4.19. The van der Waals surface area contributed by atoms with Gasteiger partial charge in [-0.3, -0.25) is 4.79 Å². The first-order chi connectivity index (χ1) is 10.2. The normalized spacial score (nSPS) is 24.2. The summed E-state index contributed by atoms with van der Waals surface area (Å²) in [5.74, 6) is 0.0310. The van der Waals surface area contributed by atoms with Crippen LogP contribution in [0.5, 0.6) is 0 Å². The number of aryl methyl sites for hydroxylation is 2. The van der Waals surface area contributed by atoms with Crippen LogP contribution < -0.4 is 10.6 Å². The number of carbonyl (C=O) groups excluding carboxylic acids is 1. The predicted octanol–water partition coefficient (Wildman–Crippen LogP) is 1.48. The van der Waals surface area contributed by atoms with Crippen molar-refractivity contribution < 1.29 is 9.53 Å². The molecule has 7 heteroatoms. The number of thiazole rings is 1. The average Bonchev–Trinajstić information content (AvgIpc) is 2.90. The zero-order valence-electron chi connectivity index (χ0n) is 12.9. The first-order valence-electron chi connectivity index (χ1n) is 7.84. The summed E-state index contributed by atoms with van der Waals surface area (Å²) >= 11 is 1.82. The zero-order chi connectivity index (χ0) is 14.7. The molecule has 1 aliphatic carbocycles. The first kappa shape index (κ1) is 17.7. The van der Waals surface area contributed by atoms with Gasteiger partial charge >= 0.3 is 0 Å². The van der Waals surface area contributed by atoms with Crippen molar-refractivity contribution in [3.8, 4) is 0 Å². The van der Waals surface area contributed by atoms with Crippen molar-refractivity contribution in [1.29, 1.82) is 0 Å². The van der Waals surface area contributed by atoms with Gasteiger partial charge < -0.3 is 15.4 Å². The van der Waals surface area contributed by atoms with Gasteiger partial charge in [0, 0.05) is 24.4 Å². The number of aromatic nitrogens is 1. The Kier molecular flexibility index (Phi) is 6.62. The molecule has 2 atom stereocenters. The molecule has 0 unspecified atom stereocenters. The molecular formula is C15H24ClN3O2S. The topological polar surface area (TPSA) is 63.2 Å². The van der Waals surface area contributed by atoms with E-state index in [-0.39, 0.29) is 30.5 Å². The molecule has 1 saturated heterocycles. The van der Waals surface area contributed by atoms with Gasteiger partial charge in [-0.2, -0.15) is 0 Å². The molecule has 0 saturated carbocycles. The number of carbonyl (C=O) groups is 1. The molecule has 1 fully saturated rings. The molecule has 0 spiro atoms. The minimum atomic E-state index is -0.233. The maximum atomic E-state index is 12.1. The van der Waals surface area contributed by atoms with Crippen LogP contribution in [0.3, 0.4) is 0 Å². The third-order valence-corrected chi connectivity index (χ3v) is 5.34. The number of rotatable bonds is 4. The molecule has 0 radical (unpaired) electrons. The summed E-state index contributed by atoms with van der Waals surface area (Å²) in [5, 5.41) is 7.36. The van der Waals surface area contributed by atoms with E-state index in [2.05, 4.69) is 10.6 Å². The number of hydrogen-bond donors (Lipinski definition) is 2. The van der Waals surface area contributed by atoms with E-state index in [4.69, 9.17) is 9.72 Å². The molecule has 2 aliphatic rings. The third-order valence-electron chi connectivity index (χ3n) is 4.13. The summed E-state index contributed by atoms with van der Waals surface area (Å²) in [6, 6.07) is -0.233. The van der Waals surface area contributed by atoms with Crippen molar-refractivity contribution in [2.24, 2.45) is 0 Å². The van der Waals surface area contributed by atoms with Crippen molar-refractivity contribution >= 4 is 29.7 Å². The Morgan fingerprint density at radius 3 is 3.05 bits per heavy atom. The van der Waals surface area contributed by atoms with Crippen molar-refractivity contribution in [2.45, 2.75) is 51.2 Å². The lowest BCUT2D eigenvalue weighted by Crippen LogP contribution is -2.55. The lowest BCUT2D eigenvalue weighted by atomic mass is 10.0. The molecule has 1 aliphatic heterocycles. The SMILES string of the molecule is C[C@H]1OCCN[C@@H]1C(=O)NCCc1nc2c(s1)CCCC2.Cl. The van der Waals surface area contributed by atoms with Crippen LogP contribution >= 0.6 is 23.7 Å². The lowest BCUT2D eigenvalue weighted by molar-refractivity contribution is -0.128. The summed E-state index contributed by atoms with van der Waals surface area (Å²) < 4.78 is 5.50. The Bertz CT molecular complexity index is 485. The monoisotopic (exact) mass is 345 g/mol. The van der Waals surface area contributed by atoms with E-state index in [9.17, 15) is 4.79 Å². The molecule has 1 aromatic heterocycles. The predicted molar refractivity (Wildman–Crippen MR) is 89.9 cm³/mol. The van der Waals surface area contributed by atoms with E-state index in [0.29, 0.717) is 13.2 Å². The van der Waals surface area contributed by atoms with Crippen LogP contribution in [0.15, 0.2) is 0 Å². The van der Waals surface area contributed by atoms with E-state index in [1.165, 1.54) is 29.8 Å². The smallest absolute Gasteiger partial charge is 0.239 e. The van der Waals surface area contributed by atoms with E-state index < -0.39 is 0 Å². The van der Waals surface area contributed by atoms with Crippen molar-refractivity contribution in [2.75, 3.05) is 19.7 Å². The van der Waals surface area contributed by atoms with Gasteiger partial charge in [0.05, 0.1) is 23.4 Å². The van der Waals surface area contributed by atoms with Crippen LogP contribution in [0, 0.1) is 0 Å². The highest BCUT2D eigenvalue weighted by atomic mass is 35.5. The summed E-state index contributed by atoms with van der Waals surface area (Å²) in [5.41, 5.74) is 1.29. The number of nitrogens with one attached hydrogen (secondary N) is 2. The Morgan fingerprint density at radius 2 is 2.27 bits per heavy atom. The van der Waals surface area contributed by atoms with Crippen LogP contribution in [0.25, 0.3) is 0 Å². The Hall–Kier alpha value is -0.690. The fraction of sp³-hybridized carbons (Fsp3) is 0.733. The number of nitrogens with zero attached hydrogens (tertiary/aromatic N) is 1. The van der Waals surface area contributed by atoms with Gasteiger partial charge in [-0.05, 0) is 32.6 Å². The van der Waals surface area contributed by atoms with Gasteiger partial charge in [-0.25, -0.2) is 4.98 Å². The minimum absolute atomic E-state index is 0. The second kappa shape index (κ2) is 8.24. The Labute approximate surface area is 141 Å². The molecule has 124 valence electrons. The molecule has 1 amide bonds. The fourth-order valence-electron chi connectivity index (χ4n) is 2.94. The van der Waals surface area contributed by atoms with Crippen LogP contribution in [-0.4, -0.2) is 42.7 Å². The fourth-order valence-corrected chi connectivity index (χ4v) is 4.10. The van der Waals surface area contributed by atoms with Crippen molar-refractivity contribution in [3.05, 3.63) is 15.6 Å². The van der Waals surface area contributed by atoms with E-state index >= 15 is 0 Å². The standard InChI is InChI=1S/C15H23N3O2S.ClH/c1-10-14(16-8-9-20-10)15(19)17-7-6-13-18-11-4-2-3-5-12(11)21-13;/h10,14,16H,2-9H2,1H3,(H,17,19);1H/t10-,14+;/m1./s1. The van der Waals surface area contributed by atoms with Crippen molar-refractivity contribution in [3.63, 3.8) is 0 Å². The highest BCUT2D eigenvalue weighted by molar-refractivity contribution is 7.11. The molecule has 5 nitrogen and oxygen atoms in total. The summed E-state index contributed by atoms with van der Waals surface area (Å²) in [7, 11) is 0. The maximum Gasteiger partial charge on any atom is 0.239 e. The second-order valence-electron chi connectivity index (χ2n) is 5.73. The second-order valence-corrected chi connectivity index (χ2v) is 6.90. The number of halogens is 1. The van der Waals surface area contributed by atoms with Gasteiger partial charge in [0.1, 0.15) is 6.04 Å². The highest BCUT2D eigenvalue weighted by Gasteiger charge is 2.27. The molecule has 22 heavy (non-hydrogen) atoms. The molecule has 3 rings (SSSR count). The quantitative estimate of drug-likeness (QED) is 0.867. The number of ether oxygens (including phenoxy) is 1. The minimum Gasteiger partial charge on any atom is -0.375 e. The molecule has 1 aromatic rings. The number of fused-ring (bicyclic) bond motifs is 1. The van der Waals surface area contributed by atoms with Crippen molar-refractivity contribution in [1.82, 2.24) is 15.6 Å². The molecule has 0 bridgehead atoms.